The van der Waals surface area contributed by atoms with Gasteiger partial charge in [0.1, 0.15) is 0 Å². The Hall–Kier alpha value is -0.770. The highest BCUT2D eigenvalue weighted by atomic mass is 16.5. The summed E-state index contributed by atoms with van der Waals surface area (Å²) in [5, 5.41) is 0. The van der Waals surface area contributed by atoms with Crippen molar-refractivity contribution in [2.24, 2.45) is 0 Å². The number of piperidine rings is 1. The average molecular weight is 240 g/mol. The molecule has 2 aliphatic heterocycles. The van der Waals surface area contributed by atoms with E-state index in [1.807, 2.05) is 0 Å². The molecule has 2 heterocycles. The summed E-state index contributed by atoms with van der Waals surface area (Å²) in [7, 11) is 2.21. The molecule has 2 aliphatic rings. The molecule has 17 heavy (non-hydrogen) atoms. The molecule has 4 nitrogen and oxygen atoms in total. The van der Waals surface area contributed by atoms with Crippen molar-refractivity contribution in [2.45, 2.75) is 26.2 Å². The first-order valence-corrected chi connectivity index (χ1v) is 6.98. The molecule has 98 valence electrons. The summed E-state index contributed by atoms with van der Waals surface area (Å²) in [5.74, 6) is 1.43. The van der Waals surface area contributed by atoms with E-state index in [0.717, 1.165) is 32.8 Å². The van der Waals surface area contributed by atoms with Crippen LogP contribution >= 0.6 is 0 Å². The summed E-state index contributed by atoms with van der Waals surface area (Å²) < 4.78 is 7.87. The molecule has 0 N–H and O–H groups in total. The lowest BCUT2D eigenvalue weighted by atomic mass is 10.1. The fraction of sp³-hybridized carbons (Fsp3) is 0.923. The number of likely N-dealkylation sites (tertiary alicyclic amines) is 1. The van der Waals surface area contributed by atoms with Crippen molar-refractivity contribution in [3.63, 3.8) is 0 Å². The lowest BCUT2D eigenvalue weighted by Gasteiger charge is -2.27. The van der Waals surface area contributed by atoms with Gasteiger partial charge in [-0.25, -0.2) is 0 Å². The standard InChI is InChI=1S/C13H26N3O/c1-3-17-12-11-16-10-9-14(2)13(16)15-7-5-4-6-8-15/h3-12H2,1-2H3/q+1. The van der Waals surface area contributed by atoms with Crippen LogP contribution in [0.25, 0.3) is 0 Å². The molecule has 0 amide bonds. The normalized spacial score (nSPS) is 21.5. The largest absolute Gasteiger partial charge is 0.378 e. The Labute approximate surface area is 105 Å². The number of hydrogen-bond donors (Lipinski definition) is 0. The Morgan fingerprint density at radius 2 is 1.94 bits per heavy atom. The van der Waals surface area contributed by atoms with Gasteiger partial charge in [-0.1, -0.05) is 0 Å². The summed E-state index contributed by atoms with van der Waals surface area (Å²) in [5.41, 5.74) is 0. The lowest BCUT2D eigenvalue weighted by molar-refractivity contribution is -0.491. The van der Waals surface area contributed by atoms with Gasteiger partial charge in [-0.2, -0.15) is 0 Å². The molecule has 0 aliphatic carbocycles. The third-order valence-corrected chi connectivity index (χ3v) is 3.68. The van der Waals surface area contributed by atoms with E-state index in [0.29, 0.717) is 0 Å². The summed E-state index contributed by atoms with van der Waals surface area (Å²) in [6.45, 7) is 9.52. The minimum absolute atomic E-state index is 0.822. The number of rotatable bonds is 4. The first-order chi connectivity index (χ1) is 8.33. The molecule has 0 atom stereocenters. The highest BCUT2D eigenvalue weighted by Gasteiger charge is 2.33. The molecular weight excluding hydrogens is 214 g/mol. The van der Waals surface area contributed by atoms with Crippen molar-refractivity contribution in [3.05, 3.63) is 0 Å². The predicted molar refractivity (Wildman–Crippen MR) is 69.5 cm³/mol. The van der Waals surface area contributed by atoms with Gasteiger partial charge in [0.05, 0.1) is 46.4 Å². The molecule has 1 saturated heterocycles. The number of nitrogens with zero attached hydrogens (tertiary/aromatic N) is 3. The molecule has 0 spiro atoms. The van der Waals surface area contributed by atoms with Gasteiger partial charge in [0.2, 0.25) is 0 Å². The van der Waals surface area contributed by atoms with Gasteiger partial charge in [0.25, 0.3) is 0 Å². The number of guanidine groups is 1. The summed E-state index contributed by atoms with van der Waals surface area (Å²) in [6, 6.07) is 0. The summed E-state index contributed by atoms with van der Waals surface area (Å²) in [6.07, 6.45) is 4.08. The van der Waals surface area contributed by atoms with Crippen LogP contribution in [-0.2, 0) is 4.74 Å². The zero-order valence-corrected chi connectivity index (χ0v) is 11.3. The number of ether oxygens (including phenoxy) is 1. The van der Waals surface area contributed by atoms with Crippen LogP contribution in [0.3, 0.4) is 0 Å². The second kappa shape index (κ2) is 6.24. The van der Waals surface area contributed by atoms with Crippen molar-refractivity contribution in [1.82, 2.24) is 9.80 Å². The Morgan fingerprint density at radius 1 is 1.18 bits per heavy atom. The highest BCUT2D eigenvalue weighted by molar-refractivity contribution is 5.76. The van der Waals surface area contributed by atoms with Crippen LogP contribution in [0, 0.1) is 0 Å². The molecule has 1 fully saturated rings. The first kappa shape index (κ1) is 12.7. The third-order valence-electron chi connectivity index (χ3n) is 3.68. The summed E-state index contributed by atoms with van der Waals surface area (Å²) >= 11 is 0. The maximum atomic E-state index is 5.47. The van der Waals surface area contributed by atoms with Crippen LogP contribution in [0.15, 0.2) is 0 Å². The van der Waals surface area contributed by atoms with Crippen LogP contribution in [0.5, 0.6) is 0 Å². The molecular formula is C13H26N3O+. The van der Waals surface area contributed by atoms with Gasteiger partial charge in [0.15, 0.2) is 0 Å². The molecule has 0 aromatic rings. The summed E-state index contributed by atoms with van der Waals surface area (Å²) in [4.78, 5) is 5.05. The van der Waals surface area contributed by atoms with E-state index in [1.54, 1.807) is 0 Å². The van der Waals surface area contributed by atoms with Crippen LogP contribution in [0.1, 0.15) is 26.2 Å². The Morgan fingerprint density at radius 3 is 2.65 bits per heavy atom. The van der Waals surface area contributed by atoms with Crippen molar-refractivity contribution < 1.29 is 9.31 Å². The fourth-order valence-electron chi connectivity index (χ4n) is 2.78. The molecule has 0 unspecified atom stereocenters. The van der Waals surface area contributed by atoms with Crippen LogP contribution in [-0.4, -0.2) is 73.3 Å². The smallest absolute Gasteiger partial charge is 0.350 e. The van der Waals surface area contributed by atoms with E-state index < -0.39 is 0 Å². The number of hydrogen-bond acceptors (Lipinski definition) is 3. The molecule has 0 radical (unpaired) electrons. The van der Waals surface area contributed by atoms with Gasteiger partial charge in [-0.3, -0.25) is 14.4 Å². The van der Waals surface area contributed by atoms with Crippen molar-refractivity contribution in [3.8, 4) is 0 Å². The maximum absolute atomic E-state index is 5.47. The molecule has 0 aromatic carbocycles. The molecule has 0 aromatic heterocycles. The minimum atomic E-state index is 0.822. The Balaban J connectivity index is 1.93. The zero-order chi connectivity index (χ0) is 12.1. The second-order valence-electron chi connectivity index (χ2n) is 4.95. The van der Waals surface area contributed by atoms with E-state index in [1.165, 1.54) is 38.3 Å². The Kier molecular flexibility index (Phi) is 4.66. The zero-order valence-electron chi connectivity index (χ0n) is 11.3. The van der Waals surface area contributed by atoms with Gasteiger partial charge < -0.3 is 4.74 Å². The SMILES string of the molecule is CCOCCN1CC[N+](C)=C1N1CCCCC1. The highest BCUT2D eigenvalue weighted by Crippen LogP contribution is 2.13. The van der Waals surface area contributed by atoms with Crippen LogP contribution < -0.4 is 0 Å². The van der Waals surface area contributed by atoms with E-state index in [-0.39, 0.29) is 0 Å². The van der Waals surface area contributed by atoms with Crippen molar-refractivity contribution in [1.29, 1.82) is 0 Å². The van der Waals surface area contributed by atoms with E-state index in [4.69, 9.17) is 4.74 Å². The van der Waals surface area contributed by atoms with Crippen molar-refractivity contribution >= 4 is 5.96 Å². The maximum Gasteiger partial charge on any atom is 0.350 e. The monoisotopic (exact) mass is 240 g/mol. The average Bonchev–Trinajstić information content (AvgIpc) is 2.72. The quantitative estimate of drug-likeness (QED) is 0.535. The molecule has 0 saturated carbocycles. The first-order valence-electron chi connectivity index (χ1n) is 6.98. The molecule has 2 rings (SSSR count). The van der Waals surface area contributed by atoms with E-state index >= 15 is 0 Å². The van der Waals surface area contributed by atoms with Gasteiger partial charge >= 0.3 is 5.96 Å². The predicted octanol–water partition coefficient (Wildman–Crippen LogP) is 0.823. The topological polar surface area (TPSA) is 18.7 Å². The van der Waals surface area contributed by atoms with Crippen LogP contribution in [0.2, 0.25) is 0 Å². The Bertz CT molecular complexity index is 272. The minimum Gasteiger partial charge on any atom is -0.378 e. The van der Waals surface area contributed by atoms with E-state index in [9.17, 15) is 0 Å². The molecule has 4 heteroatoms. The third kappa shape index (κ3) is 3.12. The van der Waals surface area contributed by atoms with Crippen LogP contribution in [0.4, 0.5) is 0 Å². The van der Waals surface area contributed by atoms with Crippen molar-refractivity contribution in [2.75, 3.05) is 53.0 Å². The second-order valence-corrected chi connectivity index (χ2v) is 4.95. The van der Waals surface area contributed by atoms with Gasteiger partial charge in [-0.05, 0) is 26.2 Å². The number of likely N-dealkylation sites (N-methyl/N-ethyl adjacent to an activating group) is 1. The van der Waals surface area contributed by atoms with E-state index in [2.05, 4.69) is 28.3 Å². The fourth-order valence-corrected chi connectivity index (χ4v) is 2.78. The molecule has 0 bridgehead atoms. The van der Waals surface area contributed by atoms with Gasteiger partial charge in [0, 0.05) is 6.61 Å². The lowest BCUT2D eigenvalue weighted by Crippen LogP contribution is -2.47. The van der Waals surface area contributed by atoms with Gasteiger partial charge in [-0.15, -0.1) is 0 Å².